The molecule has 7 nitrogen and oxygen atoms in total. The number of nitrogens with two attached hydrogens (primary N) is 1. The average molecular weight is 419 g/mol. The van der Waals surface area contributed by atoms with E-state index in [-0.39, 0.29) is 18.0 Å². The molecule has 0 spiro atoms. The number of aromatic amines is 1. The maximum atomic E-state index is 13.2. The highest BCUT2D eigenvalue weighted by molar-refractivity contribution is 6.04. The van der Waals surface area contributed by atoms with Gasteiger partial charge in [0.05, 0.1) is 34.9 Å². The van der Waals surface area contributed by atoms with Crippen LogP contribution in [-0.2, 0) is 13.0 Å². The standard InChI is InChI=1S/C24H30N6O/c1-29(20-9-2-5-16-6-4-12-26-22(16)20)15-21-27-19-8-3-7-18(23(19)28-21)24(31)30-13-10-17(25)11-14-30/h3-4,6-8,12,17,20H,2,5,9-11,13-15,25H2,1H3,(H,27,28). The van der Waals surface area contributed by atoms with E-state index >= 15 is 0 Å². The number of hydrogen-bond acceptors (Lipinski definition) is 5. The average Bonchev–Trinajstić information content (AvgIpc) is 3.21. The third-order valence-electron chi connectivity index (χ3n) is 6.72. The highest BCUT2D eigenvalue weighted by atomic mass is 16.2. The molecule has 3 aromatic rings. The molecule has 1 aliphatic heterocycles. The fourth-order valence-corrected chi connectivity index (χ4v) is 4.97. The molecule has 1 atom stereocenters. The number of carbonyl (C=O) groups is 1. The summed E-state index contributed by atoms with van der Waals surface area (Å²) in [5, 5.41) is 0. The van der Waals surface area contributed by atoms with Gasteiger partial charge in [-0.1, -0.05) is 12.1 Å². The number of nitrogens with zero attached hydrogens (tertiary/aromatic N) is 4. The molecule has 1 unspecified atom stereocenters. The fraction of sp³-hybridized carbons (Fsp3) is 0.458. The Bertz CT molecular complexity index is 1080. The van der Waals surface area contributed by atoms with Gasteiger partial charge < -0.3 is 15.6 Å². The third kappa shape index (κ3) is 3.95. The molecule has 1 aliphatic carbocycles. The number of aromatic nitrogens is 3. The van der Waals surface area contributed by atoms with Gasteiger partial charge >= 0.3 is 0 Å². The van der Waals surface area contributed by atoms with Crippen LogP contribution in [0.25, 0.3) is 11.0 Å². The van der Waals surface area contributed by atoms with E-state index in [0.29, 0.717) is 25.2 Å². The van der Waals surface area contributed by atoms with Crippen molar-refractivity contribution in [2.75, 3.05) is 20.1 Å². The van der Waals surface area contributed by atoms with E-state index in [1.807, 2.05) is 35.4 Å². The molecule has 1 fully saturated rings. The zero-order valence-corrected chi connectivity index (χ0v) is 18.1. The van der Waals surface area contributed by atoms with Gasteiger partial charge in [0.1, 0.15) is 5.82 Å². The lowest BCUT2D eigenvalue weighted by Gasteiger charge is -2.31. The van der Waals surface area contributed by atoms with Gasteiger partial charge in [-0.15, -0.1) is 0 Å². The molecule has 2 aromatic heterocycles. The second-order valence-electron chi connectivity index (χ2n) is 8.88. The Labute approximate surface area is 182 Å². The zero-order valence-electron chi connectivity index (χ0n) is 18.1. The molecule has 0 radical (unpaired) electrons. The number of carbonyl (C=O) groups excluding carboxylic acids is 1. The van der Waals surface area contributed by atoms with Crippen molar-refractivity contribution < 1.29 is 4.79 Å². The Kier molecular flexibility index (Phi) is 5.46. The summed E-state index contributed by atoms with van der Waals surface area (Å²) in [5.41, 5.74) is 10.9. The molecule has 31 heavy (non-hydrogen) atoms. The van der Waals surface area contributed by atoms with Crippen LogP contribution in [0.2, 0.25) is 0 Å². The normalized spacial score (nSPS) is 19.7. The lowest BCUT2D eigenvalue weighted by atomic mass is 9.91. The molecule has 3 heterocycles. The van der Waals surface area contributed by atoms with Crippen molar-refractivity contribution in [3.63, 3.8) is 0 Å². The van der Waals surface area contributed by atoms with Crippen LogP contribution in [0.3, 0.4) is 0 Å². The number of para-hydroxylation sites is 1. The van der Waals surface area contributed by atoms with Gasteiger partial charge in [-0.2, -0.15) is 0 Å². The third-order valence-corrected chi connectivity index (χ3v) is 6.72. The van der Waals surface area contributed by atoms with Crippen molar-refractivity contribution in [2.24, 2.45) is 5.73 Å². The number of H-pyrrole nitrogens is 1. The summed E-state index contributed by atoms with van der Waals surface area (Å²) in [5.74, 6) is 0.938. The predicted molar refractivity (Wildman–Crippen MR) is 121 cm³/mol. The number of fused-ring (bicyclic) bond motifs is 2. The molecule has 1 saturated heterocycles. The van der Waals surface area contributed by atoms with Gasteiger partial charge in [-0.05, 0) is 62.9 Å². The van der Waals surface area contributed by atoms with Crippen LogP contribution >= 0.6 is 0 Å². The number of hydrogen-bond donors (Lipinski definition) is 2. The van der Waals surface area contributed by atoms with Gasteiger partial charge in [-0.3, -0.25) is 14.7 Å². The SMILES string of the molecule is CN(Cc1nc2cccc(C(=O)N3CCC(N)CC3)c2[nH]1)C1CCCc2cccnc21. The zero-order chi connectivity index (χ0) is 21.4. The number of benzene rings is 1. The number of nitrogens with one attached hydrogen (secondary N) is 1. The minimum atomic E-state index is 0.0615. The molecular formula is C24H30N6O. The van der Waals surface area contributed by atoms with Crippen molar-refractivity contribution in [1.82, 2.24) is 24.8 Å². The molecule has 5 rings (SSSR count). The Balaban J connectivity index is 1.37. The van der Waals surface area contributed by atoms with Crippen LogP contribution in [0, 0.1) is 0 Å². The quantitative estimate of drug-likeness (QED) is 0.680. The highest BCUT2D eigenvalue weighted by Crippen LogP contribution is 2.32. The van der Waals surface area contributed by atoms with Gasteiger partial charge in [0.2, 0.25) is 0 Å². The van der Waals surface area contributed by atoms with E-state index in [1.54, 1.807) is 0 Å². The van der Waals surface area contributed by atoms with E-state index in [9.17, 15) is 4.79 Å². The van der Waals surface area contributed by atoms with Gasteiger partial charge in [-0.25, -0.2) is 4.98 Å². The summed E-state index contributed by atoms with van der Waals surface area (Å²) < 4.78 is 0. The number of likely N-dealkylation sites (tertiary alicyclic amines) is 1. The summed E-state index contributed by atoms with van der Waals surface area (Å²) in [6, 6.07) is 10.5. The summed E-state index contributed by atoms with van der Waals surface area (Å²) >= 11 is 0. The minimum Gasteiger partial charge on any atom is -0.340 e. The lowest BCUT2D eigenvalue weighted by molar-refractivity contribution is 0.0716. The van der Waals surface area contributed by atoms with E-state index in [2.05, 4.69) is 28.0 Å². The molecule has 162 valence electrons. The van der Waals surface area contributed by atoms with Crippen LogP contribution in [0.1, 0.15) is 59.2 Å². The number of piperidine rings is 1. The highest BCUT2D eigenvalue weighted by Gasteiger charge is 2.27. The molecule has 1 aromatic carbocycles. The Morgan fingerprint density at radius 2 is 2.06 bits per heavy atom. The van der Waals surface area contributed by atoms with Crippen molar-refractivity contribution in [3.05, 3.63) is 59.2 Å². The van der Waals surface area contributed by atoms with E-state index < -0.39 is 0 Å². The number of imidazole rings is 1. The Hall–Kier alpha value is -2.77. The smallest absolute Gasteiger partial charge is 0.256 e. The molecule has 0 bridgehead atoms. The predicted octanol–water partition coefficient (Wildman–Crippen LogP) is 3.03. The van der Waals surface area contributed by atoms with Gasteiger partial charge in [0.15, 0.2) is 0 Å². The van der Waals surface area contributed by atoms with Crippen LogP contribution in [-0.4, -0.2) is 56.8 Å². The second kappa shape index (κ2) is 8.40. The van der Waals surface area contributed by atoms with Crippen molar-refractivity contribution in [3.8, 4) is 0 Å². The molecule has 1 amide bonds. The first-order chi connectivity index (χ1) is 15.1. The van der Waals surface area contributed by atoms with Crippen LogP contribution in [0.4, 0.5) is 0 Å². The molecule has 2 aliphatic rings. The van der Waals surface area contributed by atoms with E-state index in [4.69, 9.17) is 10.7 Å². The number of pyridine rings is 1. The van der Waals surface area contributed by atoms with Gasteiger partial charge in [0.25, 0.3) is 5.91 Å². The molecule has 3 N–H and O–H groups in total. The van der Waals surface area contributed by atoms with Gasteiger partial charge in [0, 0.05) is 25.3 Å². The summed E-state index contributed by atoms with van der Waals surface area (Å²) in [7, 11) is 2.13. The molecule has 0 saturated carbocycles. The maximum absolute atomic E-state index is 13.2. The summed E-state index contributed by atoms with van der Waals surface area (Å²) in [6.45, 7) is 2.12. The fourth-order valence-electron chi connectivity index (χ4n) is 4.97. The first kappa shape index (κ1) is 20.2. The largest absolute Gasteiger partial charge is 0.340 e. The monoisotopic (exact) mass is 418 g/mol. The molecular weight excluding hydrogens is 388 g/mol. The first-order valence-electron chi connectivity index (χ1n) is 11.3. The summed E-state index contributed by atoms with van der Waals surface area (Å²) in [4.78, 5) is 30.3. The number of aryl methyl sites for hydroxylation is 1. The maximum Gasteiger partial charge on any atom is 0.256 e. The van der Waals surface area contributed by atoms with E-state index in [0.717, 1.165) is 42.5 Å². The second-order valence-corrected chi connectivity index (χ2v) is 8.88. The lowest BCUT2D eigenvalue weighted by Crippen LogP contribution is -2.42. The minimum absolute atomic E-state index is 0.0615. The van der Waals surface area contributed by atoms with Crippen molar-refractivity contribution in [2.45, 2.75) is 50.7 Å². The van der Waals surface area contributed by atoms with Crippen molar-refractivity contribution >= 4 is 16.9 Å². The van der Waals surface area contributed by atoms with Crippen LogP contribution in [0.15, 0.2) is 36.5 Å². The Morgan fingerprint density at radius 1 is 1.23 bits per heavy atom. The first-order valence-corrected chi connectivity index (χ1v) is 11.3. The topological polar surface area (TPSA) is 91.1 Å². The number of amides is 1. The Morgan fingerprint density at radius 3 is 2.90 bits per heavy atom. The van der Waals surface area contributed by atoms with Crippen LogP contribution in [0.5, 0.6) is 0 Å². The summed E-state index contributed by atoms with van der Waals surface area (Å²) in [6.07, 6.45) is 6.98. The van der Waals surface area contributed by atoms with E-state index in [1.165, 1.54) is 17.7 Å². The van der Waals surface area contributed by atoms with Crippen molar-refractivity contribution in [1.29, 1.82) is 0 Å². The van der Waals surface area contributed by atoms with Crippen LogP contribution < -0.4 is 5.73 Å². The number of rotatable bonds is 4. The molecule has 7 heteroatoms.